The van der Waals surface area contributed by atoms with Gasteiger partial charge in [-0.05, 0) is 40.2 Å². The molecule has 1 atom stereocenters. The highest BCUT2D eigenvalue weighted by Gasteiger charge is 2.63. The van der Waals surface area contributed by atoms with Crippen molar-refractivity contribution in [1.82, 2.24) is 4.98 Å². The first-order chi connectivity index (χ1) is 12.1. The van der Waals surface area contributed by atoms with E-state index in [-0.39, 0.29) is 16.4 Å². The van der Waals surface area contributed by atoms with Crippen LogP contribution < -0.4 is 5.01 Å². The van der Waals surface area contributed by atoms with E-state index in [0.29, 0.717) is 4.60 Å². The summed E-state index contributed by atoms with van der Waals surface area (Å²) in [6, 6.07) is 10.00. The molecule has 1 unspecified atom stereocenters. The Labute approximate surface area is 158 Å². The quantitative estimate of drug-likeness (QED) is 0.420. The SMILES string of the molecule is FC(F)(F)C(F)(F)C1=NN(c2ccccc2Cl)C(c2cccc(Br)n2)C1. The summed E-state index contributed by atoms with van der Waals surface area (Å²) in [6.07, 6.45) is -6.38. The number of pyridine rings is 1. The third-order valence-electron chi connectivity index (χ3n) is 3.81. The smallest absolute Gasteiger partial charge is 0.254 e. The number of hydrogen-bond acceptors (Lipinski definition) is 3. The summed E-state index contributed by atoms with van der Waals surface area (Å²) in [5, 5.41) is 4.82. The molecule has 0 radical (unpaired) electrons. The minimum atomic E-state index is -5.74. The van der Waals surface area contributed by atoms with Crippen LogP contribution in [0.4, 0.5) is 27.6 Å². The van der Waals surface area contributed by atoms with E-state index in [9.17, 15) is 22.0 Å². The van der Waals surface area contributed by atoms with E-state index in [4.69, 9.17) is 11.6 Å². The number of alkyl halides is 5. The Morgan fingerprint density at radius 1 is 1.04 bits per heavy atom. The molecule has 0 aliphatic carbocycles. The molecule has 0 spiro atoms. The fourth-order valence-electron chi connectivity index (χ4n) is 2.56. The largest absolute Gasteiger partial charge is 0.459 e. The monoisotopic (exact) mass is 453 g/mol. The van der Waals surface area contributed by atoms with Gasteiger partial charge >= 0.3 is 12.1 Å². The second kappa shape index (κ2) is 6.77. The molecule has 0 saturated carbocycles. The van der Waals surface area contributed by atoms with E-state index in [1.165, 1.54) is 18.2 Å². The molecule has 0 fully saturated rings. The standard InChI is InChI=1S/C16H10BrClF5N3/c17-14-7-3-5-10(24-14)12-8-13(15(19,20)16(21,22)23)25-26(12)11-6-2-1-4-9(11)18/h1-7,12H,8H2. The molecule has 0 N–H and O–H groups in total. The van der Waals surface area contributed by atoms with Crippen LogP contribution in [-0.2, 0) is 0 Å². The number of nitrogens with zero attached hydrogens (tertiary/aromatic N) is 3. The third kappa shape index (κ3) is 3.42. The summed E-state index contributed by atoms with van der Waals surface area (Å²) in [6.45, 7) is 0. The molecule has 138 valence electrons. The van der Waals surface area contributed by atoms with Crippen molar-refractivity contribution in [2.24, 2.45) is 5.10 Å². The number of rotatable bonds is 3. The van der Waals surface area contributed by atoms with Crippen molar-refractivity contribution in [3.05, 3.63) is 57.8 Å². The van der Waals surface area contributed by atoms with Crippen LogP contribution >= 0.6 is 27.5 Å². The van der Waals surface area contributed by atoms with Crippen molar-refractivity contribution in [1.29, 1.82) is 0 Å². The molecule has 1 aromatic heterocycles. The number of halogens is 7. The van der Waals surface area contributed by atoms with Crippen molar-refractivity contribution in [2.45, 2.75) is 24.6 Å². The molecule has 1 aromatic carbocycles. The Kier molecular flexibility index (Phi) is 4.96. The number of hydrazone groups is 1. The number of benzene rings is 1. The molecule has 2 aromatic rings. The lowest BCUT2D eigenvalue weighted by Crippen LogP contribution is -2.43. The molecule has 1 aliphatic rings. The molecule has 3 rings (SSSR count). The summed E-state index contributed by atoms with van der Waals surface area (Å²) in [5.41, 5.74) is -0.776. The molecular weight excluding hydrogens is 445 g/mol. The first-order valence-corrected chi connectivity index (χ1v) is 8.47. The van der Waals surface area contributed by atoms with Gasteiger partial charge in [0.05, 0.1) is 16.4 Å². The van der Waals surface area contributed by atoms with Gasteiger partial charge in [0, 0.05) is 6.42 Å². The predicted octanol–water partition coefficient (Wildman–Crippen LogP) is 6.00. The van der Waals surface area contributed by atoms with Crippen molar-refractivity contribution < 1.29 is 22.0 Å². The van der Waals surface area contributed by atoms with Gasteiger partial charge in [-0.25, -0.2) is 4.98 Å². The van der Waals surface area contributed by atoms with Gasteiger partial charge in [0.25, 0.3) is 0 Å². The Morgan fingerprint density at radius 2 is 1.73 bits per heavy atom. The van der Waals surface area contributed by atoms with Crippen LogP contribution in [0.25, 0.3) is 0 Å². The van der Waals surface area contributed by atoms with Crippen molar-refractivity contribution in [3.8, 4) is 0 Å². The normalized spacial score (nSPS) is 18.2. The summed E-state index contributed by atoms with van der Waals surface area (Å²) in [4.78, 5) is 4.17. The van der Waals surface area contributed by atoms with E-state index < -0.39 is 30.3 Å². The average Bonchev–Trinajstić information content (AvgIpc) is 3.00. The molecule has 10 heteroatoms. The summed E-state index contributed by atoms with van der Waals surface area (Å²) >= 11 is 9.25. The fraction of sp³-hybridized carbons (Fsp3) is 0.250. The van der Waals surface area contributed by atoms with Gasteiger partial charge in [-0.1, -0.05) is 29.8 Å². The highest BCUT2D eigenvalue weighted by molar-refractivity contribution is 9.10. The lowest BCUT2D eigenvalue weighted by atomic mass is 10.0. The second-order valence-corrected chi connectivity index (χ2v) is 6.74. The van der Waals surface area contributed by atoms with E-state index in [1.54, 1.807) is 24.3 Å². The molecule has 0 bridgehead atoms. The average molecular weight is 455 g/mol. The van der Waals surface area contributed by atoms with Gasteiger partial charge in [0.2, 0.25) is 0 Å². The number of anilines is 1. The van der Waals surface area contributed by atoms with E-state index in [1.807, 2.05) is 0 Å². The summed E-state index contributed by atoms with van der Waals surface area (Å²) < 4.78 is 66.5. The zero-order valence-electron chi connectivity index (χ0n) is 12.8. The maximum absolute atomic E-state index is 13.8. The Morgan fingerprint density at radius 3 is 2.35 bits per heavy atom. The first kappa shape index (κ1) is 19.0. The number of hydrogen-bond donors (Lipinski definition) is 0. The van der Waals surface area contributed by atoms with E-state index >= 15 is 0 Å². The zero-order valence-corrected chi connectivity index (χ0v) is 15.2. The number of para-hydroxylation sites is 1. The Balaban J connectivity index is 2.09. The van der Waals surface area contributed by atoms with Crippen LogP contribution in [0.2, 0.25) is 5.02 Å². The van der Waals surface area contributed by atoms with E-state index in [2.05, 4.69) is 26.0 Å². The molecule has 1 aliphatic heterocycles. The molecular formula is C16H10BrClF5N3. The third-order valence-corrected chi connectivity index (χ3v) is 4.57. The van der Waals surface area contributed by atoms with Crippen LogP contribution in [0, 0.1) is 0 Å². The fourth-order valence-corrected chi connectivity index (χ4v) is 3.14. The van der Waals surface area contributed by atoms with Gasteiger partial charge in [0.15, 0.2) is 0 Å². The van der Waals surface area contributed by atoms with Crippen LogP contribution in [-0.4, -0.2) is 22.8 Å². The van der Waals surface area contributed by atoms with Gasteiger partial charge in [-0.15, -0.1) is 0 Å². The minimum absolute atomic E-state index is 0.174. The maximum Gasteiger partial charge on any atom is 0.459 e. The number of aromatic nitrogens is 1. The lowest BCUT2D eigenvalue weighted by Gasteiger charge is -2.24. The maximum atomic E-state index is 13.8. The zero-order chi connectivity index (χ0) is 19.1. The van der Waals surface area contributed by atoms with Crippen LogP contribution in [0.1, 0.15) is 18.2 Å². The molecule has 0 saturated heterocycles. The van der Waals surface area contributed by atoms with Crippen LogP contribution in [0.15, 0.2) is 52.2 Å². The molecule has 26 heavy (non-hydrogen) atoms. The van der Waals surface area contributed by atoms with Crippen LogP contribution in [0.3, 0.4) is 0 Å². The van der Waals surface area contributed by atoms with Gasteiger partial charge in [-0.2, -0.15) is 27.1 Å². The van der Waals surface area contributed by atoms with Crippen LogP contribution in [0.5, 0.6) is 0 Å². The predicted molar refractivity (Wildman–Crippen MR) is 91.7 cm³/mol. The van der Waals surface area contributed by atoms with Gasteiger partial charge in [0.1, 0.15) is 16.4 Å². The highest BCUT2D eigenvalue weighted by atomic mass is 79.9. The lowest BCUT2D eigenvalue weighted by molar-refractivity contribution is -0.249. The molecule has 2 heterocycles. The Hall–Kier alpha value is -1.74. The summed E-state index contributed by atoms with van der Waals surface area (Å²) in [7, 11) is 0. The molecule has 0 amide bonds. The topological polar surface area (TPSA) is 28.5 Å². The summed E-state index contributed by atoms with van der Waals surface area (Å²) in [5.74, 6) is -5.05. The first-order valence-electron chi connectivity index (χ1n) is 7.30. The van der Waals surface area contributed by atoms with Gasteiger partial charge < -0.3 is 0 Å². The van der Waals surface area contributed by atoms with Crippen molar-refractivity contribution >= 4 is 38.9 Å². The van der Waals surface area contributed by atoms with E-state index in [0.717, 1.165) is 5.01 Å². The second-order valence-electron chi connectivity index (χ2n) is 5.52. The Bertz CT molecular complexity index is 856. The highest BCUT2D eigenvalue weighted by Crippen LogP contribution is 2.45. The van der Waals surface area contributed by atoms with Crippen molar-refractivity contribution in [3.63, 3.8) is 0 Å². The van der Waals surface area contributed by atoms with Gasteiger partial charge in [-0.3, -0.25) is 5.01 Å². The van der Waals surface area contributed by atoms with Crippen molar-refractivity contribution in [2.75, 3.05) is 5.01 Å². The minimum Gasteiger partial charge on any atom is -0.254 e. The molecule has 3 nitrogen and oxygen atoms in total.